The van der Waals surface area contributed by atoms with E-state index in [1.54, 1.807) is 18.2 Å². The molecule has 0 aliphatic carbocycles. The van der Waals surface area contributed by atoms with Crippen molar-refractivity contribution < 1.29 is 26.4 Å². The lowest BCUT2D eigenvalue weighted by atomic mass is 10.1. The summed E-state index contributed by atoms with van der Waals surface area (Å²) in [5.74, 6) is -0.322. The van der Waals surface area contributed by atoms with Crippen molar-refractivity contribution in [1.29, 1.82) is 0 Å². The molecule has 0 spiro atoms. The van der Waals surface area contributed by atoms with Crippen LogP contribution < -0.4 is 14.8 Å². The van der Waals surface area contributed by atoms with Crippen molar-refractivity contribution >= 4 is 48.1 Å². The Kier molecular flexibility index (Phi) is 7.59. The van der Waals surface area contributed by atoms with E-state index in [9.17, 15) is 21.6 Å². The van der Waals surface area contributed by atoms with Crippen LogP contribution in [0.1, 0.15) is 35.2 Å². The molecule has 1 aromatic heterocycles. The number of nitrogens with zero attached hydrogens (tertiary/aromatic N) is 3. The molecule has 2 aromatic carbocycles. The second-order valence-electron chi connectivity index (χ2n) is 8.13. The van der Waals surface area contributed by atoms with E-state index in [1.165, 1.54) is 29.6 Å². The summed E-state index contributed by atoms with van der Waals surface area (Å²) in [4.78, 5) is 12.4. The van der Waals surface area contributed by atoms with E-state index in [2.05, 4.69) is 20.2 Å². The number of nitrogens with one attached hydrogen (secondary N) is 2. The Morgan fingerprint density at radius 3 is 2.47 bits per heavy atom. The highest BCUT2D eigenvalue weighted by Crippen LogP contribution is 2.32. The van der Waals surface area contributed by atoms with Crippen molar-refractivity contribution in [3.63, 3.8) is 0 Å². The number of ether oxygens (including phenoxy) is 1. The summed E-state index contributed by atoms with van der Waals surface area (Å²) >= 11 is 0.660. The SMILES string of the molecule is COc1ccc(S(=O)(=O)N2CCCCC2)cc1NS(=O)(=O)c1nnc(NC(=O)c2cccc(C)c2)s1. The Morgan fingerprint density at radius 2 is 1.78 bits per heavy atom. The Morgan fingerprint density at radius 1 is 1.03 bits per heavy atom. The zero-order valence-corrected chi connectivity index (χ0v) is 22.0. The van der Waals surface area contributed by atoms with Gasteiger partial charge in [0, 0.05) is 18.7 Å². The number of aryl methyl sites for hydroxylation is 1. The van der Waals surface area contributed by atoms with Crippen molar-refractivity contribution in [1.82, 2.24) is 14.5 Å². The average Bonchev–Trinajstić information content (AvgIpc) is 3.34. The van der Waals surface area contributed by atoms with Crippen LogP contribution in [-0.4, -0.2) is 57.4 Å². The van der Waals surface area contributed by atoms with Crippen LogP contribution in [0.25, 0.3) is 0 Å². The second-order valence-corrected chi connectivity index (χ2v) is 12.9. The van der Waals surface area contributed by atoms with Gasteiger partial charge in [0.2, 0.25) is 15.2 Å². The van der Waals surface area contributed by atoms with Crippen molar-refractivity contribution in [3.8, 4) is 5.75 Å². The maximum absolute atomic E-state index is 13.1. The molecule has 1 aliphatic rings. The van der Waals surface area contributed by atoms with E-state index in [-0.39, 0.29) is 21.5 Å². The molecule has 36 heavy (non-hydrogen) atoms. The molecule has 1 fully saturated rings. The van der Waals surface area contributed by atoms with Crippen molar-refractivity contribution in [2.45, 2.75) is 35.4 Å². The Bertz CT molecular complexity index is 1480. The molecule has 0 radical (unpaired) electrons. The minimum Gasteiger partial charge on any atom is -0.495 e. The number of hydrogen-bond donors (Lipinski definition) is 2. The van der Waals surface area contributed by atoms with E-state index in [0.29, 0.717) is 30.0 Å². The molecule has 1 saturated heterocycles. The summed E-state index contributed by atoms with van der Waals surface area (Å²) in [5, 5.41) is 9.97. The molecule has 2 heterocycles. The lowest BCUT2D eigenvalue weighted by molar-refractivity contribution is 0.102. The van der Waals surface area contributed by atoms with Gasteiger partial charge in [-0.1, -0.05) is 35.5 Å². The smallest absolute Gasteiger partial charge is 0.291 e. The van der Waals surface area contributed by atoms with Crippen molar-refractivity contribution in [3.05, 3.63) is 53.6 Å². The third-order valence-corrected chi connectivity index (χ3v) is 9.97. The Hall–Kier alpha value is -3.07. The van der Waals surface area contributed by atoms with E-state index >= 15 is 0 Å². The second kappa shape index (κ2) is 10.5. The van der Waals surface area contributed by atoms with Crippen LogP contribution >= 0.6 is 11.3 Å². The molecular weight excluding hydrogens is 526 g/mol. The molecule has 3 aromatic rings. The number of amides is 1. The van der Waals surface area contributed by atoms with Gasteiger partial charge in [-0.25, -0.2) is 8.42 Å². The number of benzene rings is 2. The number of piperidine rings is 1. The lowest BCUT2D eigenvalue weighted by Gasteiger charge is -2.26. The molecular formula is C22H25N5O6S3. The summed E-state index contributed by atoms with van der Waals surface area (Å²) in [6.07, 6.45) is 2.51. The van der Waals surface area contributed by atoms with Crippen LogP contribution in [0.5, 0.6) is 5.75 Å². The summed E-state index contributed by atoms with van der Waals surface area (Å²) in [6, 6.07) is 10.9. The number of aromatic nitrogens is 2. The topological polar surface area (TPSA) is 148 Å². The van der Waals surface area contributed by atoms with E-state index in [4.69, 9.17) is 4.74 Å². The summed E-state index contributed by atoms with van der Waals surface area (Å²) in [7, 11) is -6.72. The normalized spacial score (nSPS) is 14.8. The van der Waals surface area contributed by atoms with Crippen LogP contribution in [0.2, 0.25) is 0 Å². The molecule has 0 bridgehead atoms. The standard InChI is InChI=1S/C22H25N5O6S3/c1-15-7-6-8-16(13-15)20(28)23-21-24-25-22(34-21)35(29,30)26-18-14-17(9-10-19(18)33-2)36(31,32)27-11-4-3-5-12-27/h6-10,13-14,26H,3-5,11-12H2,1-2H3,(H,23,24,28). The zero-order chi connectivity index (χ0) is 25.9. The molecule has 1 aliphatic heterocycles. The molecule has 4 rings (SSSR count). The molecule has 1 amide bonds. The van der Waals surface area contributed by atoms with Gasteiger partial charge >= 0.3 is 0 Å². The first kappa shape index (κ1) is 26.0. The number of rotatable bonds is 8. The molecule has 0 atom stereocenters. The summed E-state index contributed by atoms with van der Waals surface area (Å²) < 4.78 is 60.7. The molecule has 2 N–H and O–H groups in total. The van der Waals surface area contributed by atoms with Gasteiger partial charge in [-0.05, 0) is 50.1 Å². The Balaban J connectivity index is 1.56. The fraction of sp³-hybridized carbons (Fsp3) is 0.318. The third-order valence-electron chi connectivity index (χ3n) is 5.51. The highest BCUT2D eigenvalue weighted by Gasteiger charge is 2.28. The number of methoxy groups -OCH3 is 1. The van der Waals surface area contributed by atoms with Gasteiger partial charge in [-0.2, -0.15) is 12.7 Å². The number of carbonyl (C=O) groups excluding carboxylic acids is 1. The lowest BCUT2D eigenvalue weighted by Crippen LogP contribution is -2.35. The number of sulfonamides is 2. The molecule has 0 unspecified atom stereocenters. The number of anilines is 2. The minimum atomic E-state index is -4.26. The summed E-state index contributed by atoms with van der Waals surface area (Å²) in [6.45, 7) is 2.67. The maximum atomic E-state index is 13.1. The highest BCUT2D eigenvalue weighted by atomic mass is 32.2. The predicted molar refractivity (Wildman–Crippen MR) is 135 cm³/mol. The van der Waals surface area contributed by atoms with Gasteiger partial charge in [0.05, 0.1) is 17.7 Å². The first-order valence-electron chi connectivity index (χ1n) is 11.0. The predicted octanol–water partition coefficient (Wildman–Crippen LogP) is 3.08. The van der Waals surface area contributed by atoms with Crippen LogP contribution in [0, 0.1) is 6.92 Å². The summed E-state index contributed by atoms with van der Waals surface area (Å²) in [5.41, 5.74) is 1.23. The minimum absolute atomic E-state index is 0.00438. The average molecular weight is 552 g/mol. The van der Waals surface area contributed by atoms with Gasteiger partial charge in [0.15, 0.2) is 0 Å². The monoisotopic (exact) mass is 551 g/mol. The van der Waals surface area contributed by atoms with Crippen LogP contribution in [0.3, 0.4) is 0 Å². The molecule has 14 heteroatoms. The highest BCUT2D eigenvalue weighted by molar-refractivity contribution is 7.94. The van der Waals surface area contributed by atoms with Gasteiger partial charge in [0.1, 0.15) is 5.75 Å². The molecule has 11 nitrogen and oxygen atoms in total. The van der Waals surface area contributed by atoms with Crippen molar-refractivity contribution in [2.24, 2.45) is 0 Å². The largest absolute Gasteiger partial charge is 0.495 e. The van der Waals surface area contributed by atoms with Crippen LogP contribution in [0.15, 0.2) is 51.7 Å². The van der Waals surface area contributed by atoms with Gasteiger partial charge in [-0.15, -0.1) is 10.2 Å². The van der Waals surface area contributed by atoms with E-state index in [0.717, 1.165) is 24.8 Å². The Labute approximate surface area is 213 Å². The first-order chi connectivity index (χ1) is 17.1. The molecule has 0 saturated carbocycles. The maximum Gasteiger partial charge on any atom is 0.291 e. The number of hydrogen-bond acceptors (Lipinski definition) is 9. The molecule has 192 valence electrons. The van der Waals surface area contributed by atoms with Crippen molar-refractivity contribution in [2.75, 3.05) is 30.2 Å². The third kappa shape index (κ3) is 5.67. The quantitative estimate of drug-likeness (QED) is 0.406. The van der Waals surface area contributed by atoms with Gasteiger partial charge < -0.3 is 4.74 Å². The first-order valence-corrected chi connectivity index (χ1v) is 14.8. The van der Waals surface area contributed by atoms with E-state index in [1.807, 2.05) is 13.0 Å². The number of carbonyl (C=O) groups is 1. The fourth-order valence-electron chi connectivity index (χ4n) is 3.69. The van der Waals surface area contributed by atoms with Gasteiger partial charge in [-0.3, -0.25) is 14.8 Å². The van der Waals surface area contributed by atoms with Gasteiger partial charge in [0.25, 0.3) is 20.3 Å². The van der Waals surface area contributed by atoms with Crippen LogP contribution in [-0.2, 0) is 20.0 Å². The van der Waals surface area contributed by atoms with E-state index < -0.39 is 30.3 Å². The zero-order valence-electron chi connectivity index (χ0n) is 19.6. The fourth-order valence-corrected chi connectivity index (χ4v) is 7.20. The van der Waals surface area contributed by atoms with Crippen LogP contribution in [0.4, 0.5) is 10.8 Å².